The molecule has 0 saturated carbocycles. The molecular weight excluding hydrogens is 228 g/mol. The van der Waals surface area contributed by atoms with Gasteiger partial charge in [-0.15, -0.1) is 0 Å². The van der Waals surface area contributed by atoms with Gasteiger partial charge in [-0.1, -0.05) is 44.2 Å². The predicted molar refractivity (Wildman–Crippen MR) is 78.4 cm³/mol. The summed E-state index contributed by atoms with van der Waals surface area (Å²) in [4.78, 5) is 2.44. The van der Waals surface area contributed by atoms with E-state index in [9.17, 15) is 0 Å². The van der Waals surface area contributed by atoms with Crippen LogP contribution in [0.25, 0.3) is 0 Å². The van der Waals surface area contributed by atoms with E-state index in [1.54, 1.807) is 0 Å². The normalized spacial score (nSPS) is 11.4. The average molecular weight is 252 g/mol. The minimum atomic E-state index is 0.714. The monoisotopic (exact) mass is 252 g/mol. The van der Waals surface area contributed by atoms with Crippen molar-refractivity contribution in [3.05, 3.63) is 35.9 Å². The summed E-state index contributed by atoms with van der Waals surface area (Å²) in [5.41, 5.74) is 7.04. The molecule has 0 atom stereocenters. The first-order valence-electron chi connectivity index (χ1n) is 6.30. The second kappa shape index (κ2) is 8.56. The van der Waals surface area contributed by atoms with Gasteiger partial charge in [0.05, 0.1) is 0 Å². The number of hydrogen-bond donors (Lipinski definition) is 1. The Morgan fingerprint density at radius 3 is 2.47 bits per heavy atom. The van der Waals surface area contributed by atoms with Crippen molar-refractivity contribution in [1.29, 1.82) is 0 Å². The SMILES string of the molecule is CC(C)SCCN(CCN)Cc1ccccc1. The second-order valence-corrected chi connectivity index (χ2v) is 6.15. The van der Waals surface area contributed by atoms with E-state index in [2.05, 4.69) is 49.1 Å². The zero-order chi connectivity index (χ0) is 12.5. The zero-order valence-corrected chi connectivity index (χ0v) is 11.7. The first-order chi connectivity index (χ1) is 8.22. The van der Waals surface area contributed by atoms with Gasteiger partial charge in [-0.3, -0.25) is 4.90 Å². The maximum Gasteiger partial charge on any atom is 0.0234 e. The lowest BCUT2D eigenvalue weighted by Crippen LogP contribution is -2.31. The molecule has 0 saturated heterocycles. The van der Waals surface area contributed by atoms with Crippen LogP contribution >= 0.6 is 11.8 Å². The molecule has 1 aromatic carbocycles. The predicted octanol–water partition coefficient (Wildman–Crippen LogP) is 2.59. The van der Waals surface area contributed by atoms with Crippen molar-refractivity contribution in [2.45, 2.75) is 25.6 Å². The van der Waals surface area contributed by atoms with E-state index < -0.39 is 0 Å². The highest BCUT2D eigenvalue weighted by Gasteiger charge is 2.05. The molecule has 0 radical (unpaired) electrons. The molecule has 0 bridgehead atoms. The van der Waals surface area contributed by atoms with Crippen LogP contribution in [0, 0.1) is 0 Å². The summed E-state index contributed by atoms with van der Waals surface area (Å²) >= 11 is 2.01. The minimum absolute atomic E-state index is 0.714. The summed E-state index contributed by atoms with van der Waals surface area (Å²) < 4.78 is 0. The Morgan fingerprint density at radius 2 is 1.88 bits per heavy atom. The molecular formula is C14H24N2S. The molecule has 0 aliphatic rings. The Hall–Kier alpha value is -0.510. The standard InChI is InChI=1S/C14H24N2S/c1-13(2)17-11-10-16(9-8-15)12-14-6-4-3-5-7-14/h3-7,13H,8-12,15H2,1-2H3. The lowest BCUT2D eigenvalue weighted by atomic mass is 10.2. The summed E-state index contributed by atoms with van der Waals surface area (Å²) in [6.45, 7) is 8.34. The van der Waals surface area contributed by atoms with Crippen molar-refractivity contribution in [2.75, 3.05) is 25.4 Å². The topological polar surface area (TPSA) is 29.3 Å². The number of nitrogens with zero attached hydrogens (tertiary/aromatic N) is 1. The van der Waals surface area contributed by atoms with Gasteiger partial charge in [0, 0.05) is 31.9 Å². The van der Waals surface area contributed by atoms with Crippen LogP contribution < -0.4 is 5.73 Å². The fourth-order valence-electron chi connectivity index (χ4n) is 1.71. The molecule has 0 fully saturated rings. The quantitative estimate of drug-likeness (QED) is 0.771. The molecule has 96 valence electrons. The van der Waals surface area contributed by atoms with Crippen molar-refractivity contribution >= 4 is 11.8 Å². The third-order valence-corrected chi connectivity index (χ3v) is 3.64. The van der Waals surface area contributed by atoms with Gasteiger partial charge in [0.25, 0.3) is 0 Å². The van der Waals surface area contributed by atoms with Gasteiger partial charge in [-0.05, 0) is 10.8 Å². The van der Waals surface area contributed by atoms with E-state index in [0.717, 1.165) is 26.2 Å². The number of rotatable bonds is 8. The number of thioether (sulfide) groups is 1. The van der Waals surface area contributed by atoms with Crippen molar-refractivity contribution in [3.8, 4) is 0 Å². The van der Waals surface area contributed by atoms with Crippen LogP contribution in [0.1, 0.15) is 19.4 Å². The Kier molecular flexibility index (Phi) is 7.33. The molecule has 0 spiro atoms. The van der Waals surface area contributed by atoms with E-state index in [0.29, 0.717) is 5.25 Å². The van der Waals surface area contributed by atoms with Crippen molar-refractivity contribution in [3.63, 3.8) is 0 Å². The van der Waals surface area contributed by atoms with E-state index in [-0.39, 0.29) is 0 Å². The third-order valence-electron chi connectivity index (χ3n) is 2.55. The highest BCUT2D eigenvalue weighted by molar-refractivity contribution is 7.99. The van der Waals surface area contributed by atoms with E-state index >= 15 is 0 Å². The fourth-order valence-corrected chi connectivity index (χ4v) is 2.55. The zero-order valence-electron chi connectivity index (χ0n) is 10.9. The summed E-state index contributed by atoms with van der Waals surface area (Å²) in [6, 6.07) is 10.6. The smallest absolute Gasteiger partial charge is 0.0234 e. The van der Waals surface area contributed by atoms with Crippen LogP contribution in [-0.4, -0.2) is 35.5 Å². The second-order valence-electron chi connectivity index (χ2n) is 4.47. The van der Waals surface area contributed by atoms with Crippen LogP contribution in [0.3, 0.4) is 0 Å². The lowest BCUT2D eigenvalue weighted by Gasteiger charge is -2.21. The molecule has 1 rings (SSSR count). The van der Waals surface area contributed by atoms with E-state index in [4.69, 9.17) is 5.73 Å². The Labute approximate surface area is 110 Å². The maximum atomic E-state index is 5.67. The summed E-state index contributed by atoms with van der Waals surface area (Å²) in [6.07, 6.45) is 0. The van der Waals surface area contributed by atoms with Gasteiger partial charge in [-0.2, -0.15) is 11.8 Å². The molecule has 0 heterocycles. The molecule has 0 amide bonds. The van der Waals surface area contributed by atoms with Gasteiger partial charge >= 0.3 is 0 Å². The first kappa shape index (κ1) is 14.6. The van der Waals surface area contributed by atoms with E-state index in [1.807, 2.05) is 11.8 Å². The van der Waals surface area contributed by atoms with Crippen molar-refractivity contribution in [2.24, 2.45) is 5.73 Å². The molecule has 2 N–H and O–H groups in total. The highest BCUT2D eigenvalue weighted by Crippen LogP contribution is 2.10. The molecule has 17 heavy (non-hydrogen) atoms. The van der Waals surface area contributed by atoms with Gasteiger partial charge < -0.3 is 5.73 Å². The van der Waals surface area contributed by atoms with Gasteiger partial charge in [0.15, 0.2) is 0 Å². The molecule has 0 aromatic heterocycles. The number of benzene rings is 1. The first-order valence-corrected chi connectivity index (χ1v) is 7.35. The molecule has 0 aliphatic heterocycles. The molecule has 3 heteroatoms. The van der Waals surface area contributed by atoms with Gasteiger partial charge in [-0.25, -0.2) is 0 Å². The van der Waals surface area contributed by atoms with Crippen molar-refractivity contribution in [1.82, 2.24) is 4.90 Å². The summed E-state index contributed by atoms with van der Waals surface area (Å²) in [5.74, 6) is 1.19. The summed E-state index contributed by atoms with van der Waals surface area (Å²) in [7, 11) is 0. The largest absolute Gasteiger partial charge is 0.329 e. The van der Waals surface area contributed by atoms with Crippen LogP contribution in [0.15, 0.2) is 30.3 Å². The molecule has 0 aliphatic carbocycles. The Balaban J connectivity index is 2.37. The van der Waals surface area contributed by atoms with Crippen molar-refractivity contribution < 1.29 is 0 Å². The average Bonchev–Trinajstić information content (AvgIpc) is 2.30. The number of nitrogens with two attached hydrogens (primary N) is 1. The van der Waals surface area contributed by atoms with E-state index in [1.165, 1.54) is 11.3 Å². The molecule has 2 nitrogen and oxygen atoms in total. The Bertz CT molecular complexity index is 288. The molecule has 1 aromatic rings. The van der Waals surface area contributed by atoms with Crippen LogP contribution in [-0.2, 0) is 6.54 Å². The fraction of sp³-hybridized carbons (Fsp3) is 0.571. The van der Waals surface area contributed by atoms with Crippen LogP contribution in [0.2, 0.25) is 0 Å². The highest BCUT2D eigenvalue weighted by atomic mass is 32.2. The summed E-state index contributed by atoms with van der Waals surface area (Å²) in [5, 5.41) is 0.714. The lowest BCUT2D eigenvalue weighted by molar-refractivity contribution is 0.290. The minimum Gasteiger partial charge on any atom is -0.329 e. The van der Waals surface area contributed by atoms with Gasteiger partial charge in [0.1, 0.15) is 0 Å². The van der Waals surface area contributed by atoms with Crippen LogP contribution in [0.5, 0.6) is 0 Å². The third kappa shape index (κ3) is 6.71. The van der Waals surface area contributed by atoms with Gasteiger partial charge in [0.2, 0.25) is 0 Å². The molecule has 0 unspecified atom stereocenters. The number of hydrogen-bond acceptors (Lipinski definition) is 3. The maximum absolute atomic E-state index is 5.67. The Morgan fingerprint density at radius 1 is 1.18 bits per heavy atom. The van der Waals surface area contributed by atoms with Crippen LogP contribution in [0.4, 0.5) is 0 Å².